The third-order valence-corrected chi connectivity index (χ3v) is 9.11. The largest absolute Gasteiger partial charge is 0.409 e. The Bertz CT molecular complexity index is 665. The minimum absolute atomic E-state index is 0.139. The van der Waals surface area contributed by atoms with Gasteiger partial charge in [-0.25, -0.2) is 4.39 Å². The lowest BCUT2D eigenvalue weighted by atomic mass is 9.92. The van der Waals surface area contributed by atoms with Crippen LogP contribution in [-0.4, -0.2) is 19.2 Å². The first-order valence-corrected chi connectivity index (χ1v) is 11.0. The Morgan fingerprint density at radius 1 is 1.44 bits per heavy atom. The van der Waals surface area contributed by atoms with E-state index >= 15 is 0 Å². The number of aromatic nitrogens is 1. The van der Waals surface area contributed by atoms with Gasteiger partial charge >= 0.3 is 0 Å². The fraction of sp³-hybridized carbons (Fsp3) is 0.556. The van der Waals surface area contributed by atoms with E-state index in [1.807, 2.05) is 13.1 Å². The SMILES string of the molecule is C#CCC[C@@H](C(=O)N=O)[C@H](O[Si](C)(C)C(C)(C)C)c1cncc(F)c1. The van der Waals surface area contributed by atoms with Crippen LogP contribution in [0, 0.1) is 29.0 Å². The van der Waals surface area contributed by atoms with E-state index in [-0.39, 0.29) is 17.9 Å². The molecule has 136 valence electrons. The zero-order valence-corrected chi connectivity index (χ0v) is 16.4. The molecule has 1 amide bonds. The summed E-state index contributed by atoms with van der Waals surface area (Å²) in [6.07, 6.45) is 7.52. The van der Waals surface area contributed by atoms with Crippen LogP contribution in [0.4, 0.5) is 4.39 Å². The van der Waals surface area contributed by atoms with E-state index < -0.39 is 32.1 Å². The molecule has 0 N–H and O–H groups in total. The average Bonchev–Trinajstić information content (AvgIpc) is 2.52. The van der Waals surface area contributed by atoms with Crippen molar-refractivity contribution < 1.29 is 13.6 Å². The number of nitroso groups, excluding NO2 is 1. The number of carbonyl (C=O) groups is 1. The van der Waals surface area contributed by atoms with Crippen molar-refractivity contribution in [2.24, 2.45) is 11.1 Å². The summed E-state index contributed by atoms with van der Waals surface area (Å²) < 4.78 is 20.1. The number of amides is 1. The van der Waals surface area contributed by atoms with Gasteiger partial charge in [0.2, 0.25) is 0 Å². The number of terminal acetylenes is 1. The summed E-state index contributed by atoms with van der Waals surface area (Å²) in [5, 5.41) is 2.43. The number of carbonyl (C=O) groups excluding carboxylic acids is 1. The van der Waals surface area contributed by atoms with Crippen LogP contribution < -0.4 is 0 Å². The Morgan fingerprint density at radius 3 is 2.56 bits per heavy atom. The highest BCUT2D eigenvalue weighted by molar-refractivity contribution is 6.74. The van der Waals surface area contributed by atoms with E-state index in [9.17, 15) is 14.1 Å². The first kappa shape index (κ1) is 21.1. The van der Waals surface area contributed by atoms with Gasteiger partial charge in [0, 0.05) is 23.4 Å². The maximum Gasteiger partial charge on any atom is 0.292 e. The smallest absolute Gasteiger partial charge is 0.292 e. The Balaban J connectivity index is 3.37. The highest BCUT2D eigenvalue weighted by Gasteiger charge is 2.43. The van der Waals surface area contributed by atoms with Crippen molar-refractivity contribution in [3.8, 4) is 12.3 Å². The number of rotatable bonds is 7. The maximum absolute atomic E-state index is 13.7. The van der Waals surface area contributed by atoms with Crippen LogP contribution in [0.5, 0.6) is 0 Å². The highest BCUT2D eigenvalue weighted by atomic mass is 28.4. The summed E-state index contributed by atoms with van der Waals surface area (Å²) in [5.74, 6) is 0.206. The van der Waals surface area contributed by atoms with Crippen molar-refractivity contribution in [1.82, 2.24) is 4.98 Å². The standard InChI is InChI=1S/C18H25FN2O3Si/c1-7-8-9-15(17(22)21-23)16(13-10-14(19)12-20-11-13)24-25(5,6)18(2,3)4/h1,10-12,15-16H,8-9H2,2-6H3/t15-,16-/m1/s1. The number of halogens is 1. The topological polar surface area (TPSA) is 68.6 Å². The molecule has 5 nitrogen and oxygen atoms in total. The lowest BCUT2D eigenvalue weighted by molar-refractivity contribution is -0.125. The van der Waals surface area contributed by atoms with Crippen LogP contribution in [0.3, 0.4) is 0 Å². The molecule has 0 radical (unpaired) electrons. The molecule has 1 heterocycles. The fourth-order valence-corrected chi connectivity index (χ4v) is 3.46. The van der Waals surface area contributed by atoms with E-state index in [1.54, 1.807) is 0 Å². The van der Waals surface area contributed by atoms with Gasteiger partial charge in [-0.15, -0.1) is 17.3 Å². The minimum Gasteiger partial charge on any atom is -0.409 e. The monoisotopic (exact) mass is 364 g/mol. The van der Waals surface area contributed by atoms with E-state index in [1.165, 1.54) is 12.3 Å². The molecule has 0 fully saturated rings. The Labute approximate surface area is 149 Å². The summed E-state index contributed by atoms with van der Waals surface area (Å²) in [6.45, 7) is 10.2. The van der Waals surface area contributed by atoms with E-state index in [0.717, 1.165) is 6.20 Å². The Morgan fingerprint density at radius 2 is 2.08 bits per heavy atom. The number of hydrogen-bond acceptors (Lipinski definition) is 4. The second-order valence-corrected chi connectivity index (χ2v) is 12.3. The third kappa shape index (κ3) is 5.55. The molecule has 0 bridgehead atoms. The molecule has 1 aromatic rings. The first-order valence-electron chi connectivity index (χ1n) is 8.12. The van der Waals surface area contributed by atoms with Crippen molar-refractivity contribution >= 4 is 14.2 Å². The number of nitrogens with zero attached hydrogens (tertiary/aromatic N) is 2. The minimum atomic E-state index is -2.33. The predicted molar refractivity (Wildman–Crippen MR) is 97.6 cm³/mol. The van der Waals surface area contributed by atoms with E-state index in [4.69, 9.17) is 10.8 Å². The first-order chi connectivity index (χ1) is 11.5. The third-order valence-electron chi connectivity index (χ3n) is 4.65. The zero-order valence-electron chi connectivity index (χ0n) is 15.4. The summed E-state index contributed by atoms with van der Waals surface area (Å²) in [7, 11) is -2.33. The van der Waals surface area contributed by atoms with Gasteiger partial charge in [0.05, 0.1) is 18.2 Å². The second kappa shape index (κ2) is 8.45. The lowest BCUT2D eigenvalue weighted by Gasteiger charge is -2.40. The van der Waals surface area contributed by atoms with E-state index in [2.05, 4.69) is 36.9 Å². The molecule has 0 aliphatic carbocycles. The molecule has 0 unspecified atom stereocenters. The Kier molecular flexibility index (Phi) is 7.14. The summed E-state index contributed by atoms with van der Waals surface area (Å²) in [4.78, 5) is 26.9. The molecule has 0 spiro atoms. The molecule has 0 aliphatic rings. The van der Waals surface area contributed by atoms with Gasteiger partial charge in [0.25, 0.3) is 5.91 Å². The molecule has 7 heteroatoms. The van der Waals surface area contributed by atoms with Crippen molar-refractivity contribution in [3.63, 3.8) is 0 Å². The molecule has 1 aromatic heterocycles. The van der Waals surface area contributed by atoms with Gasteiger partial charge in [0.15, 0.2) is 8.32 Å². The molecule has 1 rings (SSSR count). The van der Waals surface area contributed by atoms with Crippen LogP contribution in [0.2, 0.25) is 18.1 Å². The van der Waals surface area contributed by atoms with Gasteiger partial charge in [-0.1, -0.05) is 20.8 Å². The summed E-state index contributed by atoms with van der Waals surface area (Å²) in [5.41, 5.74) is 0.406. The molecular weight excluding hydrogens is 339 g/mol. The molecule has 0 saturated heterocycles. The summed E-state index contributed by atoms with van der Waals surface area (Å²) in [6, 6.07) is 1.27. The van der Waals surface area contributed by atoms with Gasteiger partial charge in [-0.2, -0.15) is 0 Å². The number of hydrogen-bond donors (Lipinski definition) is 0. The van der Waals surface area contributed by atoms with Gasteiger partial charge in [0.1, 0.15) is 5.82 Å². The molecular formula is C18H25FN2O3Si. The van der Waals surface area contributed by atoms with Gasteiger partial charge in [-0.05, 0) is 30.6 Å². The second-order valence-electron chi connectivity index (χ2n) is 7.51. The van der Waals surface area contributed by atoms with Crippen molar-refractivity contribution in [2.45, 2.75) is 57.8 Å². The van der Waals surface area contributed by atoms with Crippen molar-refractivity contribution in [3.05, 3.63) is 34.7 Å². The molecule has 2 atom stereocenters. The predicted octanol–water partition coefficient (Wildman–Crippen LogP) is 4.61. The van der Waals surface area contributed by atoms with E-state index in [0.29, 0.717) is 5.56 Å². The van der Waals surface area contributed by atoms with Crippen molar-refractivity contribution in [1.29, 1.82) is 0 Å². The molecule has 0 saturated carbocycles. The zero-order chi connectivity index (χ0) is 19.3. The van der Waals surface area contributed by atoms with Gasteiger partial charge in [-0.3, -0.25) is 9.78 Å². The lowest BCUT2D eigenvalue weighted by Crippen LogP contribution is -2.44. The quantitative estimate of drug-likeness (QED) is 0.403. The van der Waals surface area contributed by atoms with Gasteiger partial charge < -0.3 is 4.43 Å². The summed E-state index contributed by atoms with van der Waals surface area (Å²) >= 11 is 0. The Hall–Kier alpha value is -1.91. The van der Waals surface area contributed by atoms with Crippen molar-refractivity contribution in [2.75, 3.05) is 0 Å². The normalized spacial score (nSPS) is 14.4. The van der Waals surface area contributed by atoms with Crippen LogP contribution in [0.25, 0.3) is 0 Å². The molecule has 0 aromatic carbocycles. The van der Waals surface area contributed by atoms with Crippen LogP contribution >= 0.6 is 0 Å². The number of pyridine rings is 1. The molecule has 0 aliphatic heterocycles. The molecule has 25 heavy (non-hydrogen) atoms. The van der Waals surface area contributed by atoms with Crippen LogP contribution in [0.15, 0.2) is 23.6 Å². The average molecular weight is 364 g/mol. The fourth-order valence-electron chi connectivity index (χ4n) is 2.17. The maximum atomic E-state index is 13.7. The van der Waals surface area contributed by atoms with Crippen LogP contribution in [0.1, 0.15) is 45.3 Å². The van der Waals surface area contributed by atoms with Crippen LogP contribution in [-0.2, 0) is 9.22 Å². The highest BCUT2D eigenvalue weighted by Crippen LogP contribution is 2.42.